The molecule has 5 nitrogen and oxygen atoms in total. The molecule has 0 spiro atoms. The zero-order valence-corrected chi connectivity index (χ0v) is 7.86. The zero-order valence-electron chi connectivity index (χ0n) is 7.04. The minimum Gasteiger partial charge on any atom is -0.409 e. The fraction of sp³-hybridized carbons (Fsp3) is 0. The average Bonchev–Trinajstić information content (AvgIpc) is 2.86. The van der Waals surface area contributed by atoms with E-state index in [0.717, 1.165) is 4.88 Å². The maximum Gasteiger partial charge on any atom is 0.180 e. The van der Waals surface area contributed by atoms with Gasteiger partial charge in [-0.15, -0.1) is 11.3 Å². The fourth-order valence-electron chi connectivity index (χ4n) is 1.00. The summed E-state index contributed by atoms with van der Waals surface area (Å²) >= 11 is 1.37. The van der Waals surface area contributed by atoms with Crippen molar-refractivity contribution in [3.05, 3.63) is 29.3 Å². The summed E-state index contributed by atoms with van der Waals surface area (Å²) < 4.78 is 4.96. The highest BCUT2D eigenvalue weighted by atomic mass is 32.1. The quantitative estimate of drug-likeness (QED) is 0.339. The lowest BCUT2D eigenvalue weighted by atomic mass is 10.3. The summed E-state index contributed by atoms with van der Waals surface area (Å²) in [6, 6.07) is 5.35. The molecular formula is C8H7N3O2S. The molecule has 2 aromatic rings. The first-order valence-electron chi connectivity index (χ1n) is 3.80. The maximum atomic E-state index is 8.46. The summed E-state index contributed by atoms with van der Waals surface area (Å²) in [4.78, 5) is 1.59. The molecule has 0 saturated heterocycles. The fourth-order valence-corrected chi connectivity index (χ4v) is 1.86. The Morgan fingerprint density at radius 3 is 3.00 bits per heavy atom. The molecule has 0 fully saturated rings. The number of nitrogens with two attached hydrogens (primary N) is 1. The van der Waals surface area contributed by atoms with Crippen LogP contribution in [-0.2, 0) is 0 Å². The number of rotatable bonds is 2. The van der Waals surface area contributed by atoms with E-state index in [1.165, 1.54) is 11.3 Å². The average molecular weight is 209 g/mol. The van der Waals surface area contributed by atoms with Gasteiger partial charge in [-0.05, 0) is 12.1 Å². The molecule has 72 valence electrons. The van der Waals surface area contributed by atoms with Gasteiger partial charge in [0.15, 0.2) is 11.6 Å². The molecule has 0 radical (unpaired) electrons. The summed E-state index contributed by atoms with van der Waals surface area (Å²) in [5, 5.41) is 15.0. The minimum atomic E-state index is 0.0979. The van der Waals surface area contributed by atoms with Gasteiger partial charge in [-0.2, -0.15) is 0 Å². The van der Waals surface area contributed by atoms with E-state index in [-0.39, 0.29) is 5.84 Å². The molecule has 0 aliphatic rings. The van der Waals surface area contributed by atoms with Gasteiger partial charge in [0.1, 0.15) is 0 Å². The minimum absolute atomic E-state index is 0.0979. The predicted molar refractivity (Wildman–Crippen MR) is 52.3 cm³/mol. The lowest BCUT2D eigenvalue weighted by Gasteiger charge is -1.89. The Hall–Kier alpha value is -1.82. The van der Waals surface area contributed by atoms with Crippen LogP contribution in [0.1, 0.15) is 4.88 Å². The molecule has 0 aliphatic carbocycles. The highest BCUT2D eigenvalue weighted by molar-refractivity contribution is 7.17. The van der Waals surface area contributed by atoms with Crippen molar-refractivity contribution in [1.82, 2.24) is 5.16 Å². The maximum absolute atomic E-state index is 8.46. The van der Waals surface area contributed by atoms with Crippen LogP contribution in [0.15, 0.2) is 34.1 Å². The van der Waals surface area contributed by atoms with Crippen LogP contribution in [0, 0.1) is 0 Å². The molecule has 0 aliphatic heterocycles. The van der Waals surface area contributed by atoms with Crippen molar-refractivity contribution >= 4 is 17.2 Å². The Kier molecular flexibility index (Phi) is 2.19. The van der Waals surface area contributed by atoms with Crippen LogP contribution in [0.2, 0.25) is 0 Å². The Balaban J connectivity index is 2.36. The second kappa shape index (κ2) is 3.51. The van der Waals surface area contributed by atoms with Crippen molar-refractivity contribution in [3.63, 3.8) is 0 Å². The number of nitrogens with zero attached hydrogens (tertiary/aromatic N) is 2. The summed E-state index contributed by atoms with van der Waals surface area (Å²) in [5.74, 6) is 0.771. The molecule has 3 N–H and O–H groups in total. The monoisotopic (exact) mass is 209 g/mol. The van der Waals surface area contributed by atoms with Crippen LogP contribution in [0.5, 0.6) is 0 Å². The van der Waals surface area contributed by atoms with Gasteiger partial charge in [-0.3, -0.25) is 0 Å². The zero-order chi connectivity index (χ0) is 9.97. The first kappa shape index (κ1) is 8.76. The van der Waals surface area contributed by atoms with Crippen molar-refractivity contribution in [2.75, 3.05) is 0 Å². The molecule has 0 bridgehead atoms. The van der Waals surface area contributed by atoms with Crippen LogP contribution in [0.4, 0.5) is 0 Å². The molecule has 0 amide bonds. The van der Waals surface area contributed by atoms with Gasteiger partial charge in [0, 0.05) is 6.07 Å². The smallest absolute Gasteiger partial charge is 0.180 e. The third-order valence-corrected chi connectivity index (χ3v) is 2.77. The van der Waals surface area contributed by atoms with Gasteiger partial charge < -0.3 is 15.5 Å². The number of oxime groups is 1. The van der Waals surface area contributed by atoms with Crippen molar-refractivity contribution in [2.45, 2.75) is 0 Å². The second-order valence-corrected chi connectivity index (χ2v) is 3.61. The molecule has 0 saturated carbocycles. The molecular weight excluding hydrogens is 202 g/mol. The third-order valence-electron chi connectivity index (χ3n) is 1.65. The highest BCUT2D eigenvalue weighted by Gasteiger charge is 2.08. The highest BCUT2D eigenvalue weighted by Crippen LogP contribution is 2.27. The van der Waals surface area contributed by atoms with E-state index in [4.69, 9.17) is 15.5 Å². The topological polar surface area (TPSA) is 84.6 Å². The van der Waals surface area contributed by atoms with Crippen LogP contribution >= 0.6 is 11.3 Å². The lowest BCUT2D eigenvalue weighted by molar-refractivity contribution is 0.319. The van der Waals surface area contributed by atoms with Gasteiger partial charge in [0.2, 0.25) is 0 Å². The summed E-state index contributed by atoms with van der Waals surface area (Å²) in [5.41, 5.74) is 5.43. The Labute approximate surface area is 83.4 Å². The van der Waals surface area contributed by atoms with E-state index in [1.807, 2.05) is 6.07 Å². The Bertz CT molecular complexity index is 447. The molecule has 2 heterocycles. The van der Waals surface area contributed by atoms with E-state index in [1.54, 1.807) is 18.3 Å². The molecule has 2 aromatic heterocycles. The standard InChI is InChI=1S/C8H7N3O2S/c9-8(11-12)7-2-1-6(14-7)5-3-4-10-13-5/h1-4,12H,(H2,9,11). The predicted octanol–water partition coefficient (Wildman–Crippen LogP) is 1.50. The van der Waals surface area contributed by atoms with Gasteiger partial charge in [-0.1, -0.05) is 10.3 Å². The third kappa shape index (κ3) is 1.47. The van der Waals surface area contributed by atoms with Gasteiger partial charge >= 0.3 is 0 Å². The molecule has 0 atom stereocenters. The number of thiophene rings is 1. The summed E-state index contributed by atoms with van der Waals surface area (Å²) in [6.45, 7) is 0. The second-order valence-electron chi connectivity index (χ2n) is 2.53. The molecule has 0 aromatic carbocycles. The van der Waals surface area contributed by atoms with E-state index >= 15 is 0 Å². The molecule has 0 unspecified atom stereocenters. The SMILES string of the molecule is N/C(=N\O)c1ccc(-c2ccno2)s1. The van der Waals surface area contributed by atoms with Crippen molar-refractivity contribution in [3.8, 4) is 10.6 Å². The van der Waals surface area contributed by atoms with Crippen molar-refractivity contribution in [1.29, 1.82) is 0 Å². The van der Waals surface area contributed by atoms with Crippen LogP contribution in [0.25, 0.3) is 10.6 Å². The summed E-state index contributed by atoms with van der Waals surface area (Å²) in [6.07, 6.45) is 1.57. The molecule has 14 heavy (non-hydrogen) atoms. The summed E-state index contributed by atoms with van der Waals surface area (Å²) in [7, 11) is 0. The number of amidine groups is 1. The van der Waals surface area contributed by atoms with Gasteiger partial charge in [0.25, 0.3) is 0 Å². The lowest BCUT2D eigenvalue weighted by Crippen LogP contribution is -2.10. The van der Waals surface area contributed by atoms with Crippen LogP contribution < -0.4 is 5.73 Å². The number of hydrogen-bond donors (Lipinski definition) is 2. The Morgan fingerprint density at radius 2 is 2.36 bits per heavy atom. The van der Waals surface area contributed by atoms with E-state index in [9.17, 15) is 0 Å². The van der Waals surface area contributed by atoms with Crippen LogP contribution in [-0.4, -0.2) is 16.2 Å². The largest absolute Gasteiger partial charge is 0.409 e. The normalized spacial score (nSPS) is 11.9. The van der Waals surface area contributed by atoms with Gasteiger partial charge in [-0.25, -0.2) is 0 Å². The number of hydrogen-bond acceptors (Lipinski definition) is 5. The first-order valence-corrected chi connectivity index (χ1v) is 4.61. The van der Waals surface area contributed by atoms with Gasteiger partial charge in [0.05, 0.1) is 16.0 Å². The van der Waals surface area contributed by atoms with Crippen LogP contribution in [0.3, 0.4) is 0 Å². The van der Waals surface area contributed by atoms with Crippen molar-refractivity contribution in [2.24, 2.45) is 10.9 Å². The van der Waals surface area contributed by atoms with Crippen molar-refractivity contribution < 1.29 is 9.73 Å². The van der Waals surface area contributed by atoms with E-state index < -0.39 is 0 Å². The first-order chi connectivity index (χ1) is 6.81. The Morgan fingerprint density at radius 1 is 1.50 bits per heavy atom. The van der Waals surface area contributed by atoms with E-state index in [2.05, 4.69) is 10.3 Å². The number of aromatic nitrogens is 1. The molecule has 6 heteroatoms. The van der Waals surface area contributed by atoms with E-state index in [0.29, 0.717) is 10.6 Å². The molecule has 2 rings (SSSR count).